The summed E-state index contributed by atoms with van der Waals surface area (Å²) in [6, 6.07) is 2.65. The highest BCUT2D eigenvalue weighted by Crippen LogP contribution is 2.49. The number of hydrogen-bond donors (Lipinski definition) is 1. The van der Waals surface area contributed by atoms with Gasteiger partial charge in [-0.3, -0.25) is 9.59 Å². The maximum atomic E-state index is 13.3. The van der Waals surface area contributed by atoms with Crippen molar-refractivity contribution in [3.8, 4) is 11.5 Å². The largest absolute Gasteiger partial charge is 0.507 e. The van der Waals surface area contributed by atoms with E-state index in [0.717, 1.165) is 36.1 Å². The van der Waals surface area contributed by atoms with Gasteiger partial charge in [-0.1, -0.05) is 36.0 Å². The number of ketones is 1. The third kappa shape index (κ3) is 3.56. The van der Waals surface area contributed by atoms with Gasteiger partial charge in [-0.15, -0.1) is 11.3 Å². The van der Waals surface area contributed by atoms with Gasteiger partial charge in [0.15, 0.2) is 11.5 Å². The van der Waals surface area contributed by atoms with E-state index in [1.807, 2.05) is 18.4 Å². The van der Waals surface area contributed by atoms with Gasteiger partial charge in [-0.05, 0) is 42.8 Å². The fourth-order valence-corrected chi connectivity index (χ4v) is 6.34. The summed E-state index contributed by atoms with van der Waals surface area (Å²) in [5.74, 6) is -1.39. The van der Waals surface area contributed by atoms with E-state index in [1.165, 1.54) is 31.6 Å². The van der Waals surface area contributed by atoms with Crippen LogP contribution in [0.3, 0.4) is 0 Å². The first kappa shape index (κ1) is 23.0. The summed E-state index contributed by atoms with van der Waals surface area (Å²) in [7, 11) is 2.81. The highest BCUT2D eigenvalue weighted by molar-refractivity contribution is 7.10. The predicted octanol–water partition coefficient (Wildman–Crippen LogP) is 5.74. The molecule has 2 aliphatic rings. The van der Waals surface area contributed by atoms with E-state index in [4.69, 9.17) is 32.7 Å². The molecule has 1 aromatic carbocycles. The van der Waals surface area contributed by atoms with Crippen LogP contribution in [-0.2, 0) is 9.59 Å². The first-order chi connectivity index (χ1) is 15.3. The molecule has 1 aliphatic heterocycles. The number of benzene rings is 1. The molecule has 32 heavy (non-hydrogen) atoms. The Balaban J connectivity index is 1.97. The number of carbonyl (C=O) groups is 2. The van der Waals surface area contributed by atoms with Crippen LogP contribution in [0.5, 0.6) is 11.5 Å². The van der Waals surface area contributed by atoms with Gasteiger partial charge in [-0.2, -0.15) is 0 Å². The third-order valence-corrected chi connectivity index (χ3v) is 7.84. The minimum Gasteiger partial charge on any atom is -0.507 e. The number of thiophene rings is 1. The summed E-state index contributed by atoms with van der Waals surface area (Å²) < 4.78 is 10.6. The number of halogens is 2. The summed E-state index contributed by atoms with van der Waals surface area (Å²) in [6.07, 6.45) is 3.66. The normalized spacial score (nSPS) is 20.9. The standard InChI is InChI=1S/C23H23Cl2NO5S/c1-11-8-9-32-22(11)17-15(19(28)23(29)26(17)12-6-4-5-7-12)18(27)13-10-14(24)21(31-3)16(25)20(13)30-2/h8-10,12,17,27H,4-7H2,1-3H3/b18-15+. The molecule has 1 saturated heterocycles. The van der Waals surface area contributed by atoms with E-state index in [2.05, 4.69) is 0 Å². The zero-order valence-corrected chi connectivity index (χ0v) is 20.2. The molecule has 2 fully saturated rings. The second kappa shape index (κ2) is 8.96. The lowest BCUT2D eigenvalue weighted by Crippen LogP contribution is -2.37. The van der Waals surface area contributed by atoms with Gasteiger partial charge < -0.3 is 19.5 Å². The molecule has 1 atom stereocenters. The molecule has 6 nitrogen and oxygen atoms in total. The van der Waals surface area contributed by atoms with Crippen LogP contribution in [0.4, 0.5) is 0 Å². The summed E-state index contributed by atoms with van der Waals surface area (Å²) in [5.41, 5.74) is 1.10. The Hall–Kier alpha value is -2.22. The highest BCUT2D eigenvalue weighted by Gasteiger charge is 2.50. The number of rotatable bonds is 5. The minimum atomic E-state index is -0.725. The topological polar surface area (TPSA) is 76.1 Å². The van der Waals surface area contributed by atoms with Crippen LogP contribution < -0.4 is 9.47 Å². The maximum absolute atomic E-state index is 13.3. The van der Waals surface area contributed by atoms with Crippen molar-refractivity contribution in [2.24, 2.45) is 0 Å². The molecule has 2 heterocycles. The zero-order valence-electron chi connectivity index (χ0n) is 17.9. The maximum Gasteiger partial charge on any atom is 0.295 e. The number of ether oxygens (including phenoxy) is 2. The third-order valence-electron chi connectivity index (χ3n) is 6.14. The summed E-state index contributed by atoms with van der Waals surface area (Å²) in [5, 5.41) is 13.5. The van der Waals surface area contributed by atoms with Crippen LogP contribution in [0.25, 0.3) is 5.76 Å². The molecule has 1 N–H and O–H groups in total. The van der Waals surface area contributed by atoms with E-state index in [0.29, 0.717) is 0 Å². The van der Waals surface area contributed by atoms with E-state index < -0.39 is 17.7 Å². The van der Waals surface area contributed by atoms with Crippen molar-refractivity contribution in [3.05, 3.63) is 49.1 Å². The lowest BCUT2D eigenvalue weighted by molar-refractivity contribution is -0.141. The molecule has 1 unspecified atom stereocenters. The minimum absolute atomic E-state index is 0.0167. The first-order valence-electron chi connectivity index (χ1n) is 10.3. The number of carbonyl (C=O) groups excluding carboxylic acids is 2. The van der Waals surface area contributed by atoms with Crippen LogP contribution in [0.1, 0.15) is 47.7 Å². The van der Waals surface area contributed by atoms with Crippen LogP contribution in [-0.4, -0.2) is 42.0 Å². The number of aliphatic hydroxyl groups is 1. The van der Waals surface area contributed by atoms with Crippen molar-refractivity contribution in [1.82, 2.24) is 4.90 Å². The van der Waals surface area contributed by atoms with Gasteiger partial charge in [0.05, 0.1) is 30.4 Å². The van der Waals surface area contributed by atoms with Crippen LogP contribution in [0.15, 0.2) is 23.1 Å². The van der Waals surface area contributed by atoms with E-state index in [1.54, 1.807) is 4.90 Å². The Labute approximate surface area is 200 Å². The van der Waals surface area contributed by atoms with Crippen LogP contribution in [0.2, 0.25) is 10.0 Å². The smallest absolute Gasteiger partial charge is 0.295 e. The lowest BCUT2D eigenvalue weighted by Gasteiger charge is -2.30. The summed E-state index contributed by atoms with van der Waals surface area (Å²) >= 11 is 14.2. The Morgan fingerprint density at radius 1 is 1.16 bits per heavy atom. The van der Waals surface area contributed by atoms with Crippen molar-refractivity contribution < 1.29 is 24.2 Å². The van der Waals surface area contributed by atoms with Crippen molar-refractivity contribution in [2.75, 3.05) is 14.2 Å². The molecule has 0 bridgehead atoms. The molecule has 1 aromatic heterocycles. The molecule has 1 aliphatic carbocycles. The van der Waals surface area contributed by atoms with Crippen LogP contribution >= 0.6 is 34.5 Å². The molecule has 170 valence electrons. The van der Waals surface area contributed by atoms with Gasteiger partial charge in [0, 0.05) is 10.9 Å². The van der Waals surface area contributed by atoms with E-state index in [-0.39, 0.29) is 44.5 Å². The fourth-order valence-electron chi connectivity index (χ4n) is 4.62. The van der Waals surface area contributed by atoms with Crippen molar-refractivity contribution in [2.45, 2.75) is 44.7 Å². The highest BCUT2D eigenvalue weighted by atomic mass is 35.5. The molecule has 0 spiro atoms. The predicted molar refractivity (Wildman–Crippen MR) is 125 cm³/mol. The number of methoxy groups -OCH3 is 2. The molecule has 1 amide bonds. The first-order valence-corrected chi connectivity index (χ1v) is 11.9. The molecule has 1 saturated carbocycles. The van der Waals surface area contributed by atoms with Crippen molar-refractivity contribution in [1.29, 1.82) is 0 Å². The molecule has 2 aromatic rings. The molecule has 0 radical (unpaired) electrons. The molecular weight excluding hydrogens is 473 g/mol. The molecule has 4 rings (SSSR count). The van der Waals surface area contributed by atoms with Crippen molar-refractivity contribution >= 4 is 52.0 Å². The molecular formula is C23H23Cl2NO5S. The Kier molecular flexibility index (Phi) is 6.43. The number of hydrogen-bond acceptors (Lipinski definition) is 6. The number of aryl methyl sites for hydroxylation is 1. The van der Waals surface area contributed by atoms with Gasteiger partial charge in [-0.25, -0.2) is 0 Å². The average molecular weight is 496 g/mol. The Morgan fingerprint density at radius 2 is 1.81 bits per heavy atom. The van der Waals surface area contributed by atoms with E-state index >= 15 is 0 Å². The SMILES string of the molecule is COc1c(Cl)cc(/C(O)=C2\C(=O)C(=O)N(C3CCCC3)C2c2sccc2C)c(OC)c1Cl. The van der Waals surface area contributed by atoms with Crippen molar-refractivity contribution in [3.63, 3.8) is 0 Å². The number of Topliss-reactive ketones (excluding diaryl/α,β-unsaturated/α-hetero) is 1. The van der Waals surface area contributed by atoms with E-state index in [9.17, 15) is 14.7 Å². The number of aliphatic hydroxyl groups excluding tert-OH is 1. The van der Waals surface area contributed by atoms with Gasteiger partial charge in [0.25, 0.3) is 11.7 Å². The number of likely N-dealkylation sites (tertiary alicyclic amines) is 1. The number of nitrogens with zero attached hydrogens (tertiary/aromatic N) is 1. The van der Waals surface area contributed by atoms with Gasteiger partial charge in [0.2, 0.25) is 0 Å². The average Bonchev–Trinajstić information content (AvgIpc) is 3.48. The monoisotopic (exact) mass is 495 g/mol. The second-order valence-corrected chi connectivity index (χ2v) is 9.63. The van der Waals surface area contributed by atoms with Gasteiger partial charge >= 0.3 is 0 Å². The lowest BCUT2D eigenvalue weighted by atomic mass is 9.97. The fraction of sp³-hybridized carbons (Fsp3) is 0.391. The summed E-state index contributed by atoms with van der Waals surface area (Å²) in [6.45, 7) is 1.93. The van der Waals surface area contributed by atoms with Crippen LogP contribution in [0, 0.1) is 6.92 Å². The second-order valence-electron chi connectivity index (χ2n) is 7.90. The quantitative estimate of drug-likeness (QED) is 0.324. The number of amides is 1. The Morgan fingerprint density at radius 3 is 2.38 bits per heavy atom. The summed E-state index contributed by atoms with van der Waals surface area (Å²) in [4.78, 5) is 28.9. The zero-order chi connectivity index (χ0) is 23.2. The molecule has 9 heteroatoms. The van der Waals surface area contributed by atoms with Gasteiger partial charge in [0.1, 0.15) is 16.8 Å². The Bertz CT molecular complexity index is 1120.